The quantitative estimate of drug-likeness (QED) is 0.247. The second-order valence-electron chi connectivity index (χ2n) is 10.1. The van der Waals surface area contributed by atoms with Crippen LogP contribution in [0.2, 0.25) is 0 Å². The summed E-state index contributed by atoms with van der Waals surface area (Å²) in [5.74, 6) is -1.72. The highest BCUT2D eigenvalue weighted by molar-refractivity contribution is 5.94. The van der Waals surface area contributed by atoms with Crippen molar-refractivity contribution in [1.29, 1.82) is 0 Å². The molecule has 1 aromatic heterocycles. The standard InChI is InChI=1S/C32H35N3O4/c1-21(2)18-28(32(38)39-3)35-30(36)27(19-24-20-33-26-17-11-10-16-25(24)26)34-31(37)29(22-12-6-4-7-13-22)23-14-8-5-9-15-23/h4-17,20-21,27-29,33H,18-19H2,1-3H3,(H,34,37)(H,35,36)/t27-,28-/m0/s1. The zero-order valence-electron chi connectivity index (χ0n) is 22.5. The number of para-hydroxylation sites is 1. The van der Waals surface area contributed by atoms with Crippen molar-refractivity contribution in [3.05, 3.63) is 108 Å². The maximum Gasteiger partial charge on any atom is 0.328 e. The summed E-state index contributed by atoms with van der Waals surface area (Å²) in [7, 11) is 1.30. The number of amides is 2. The SMILES string of the molecule is COC(=O)[C@H](CC(C)C)NC(=O)[C@H](Cc1c[nH]c2ccccc12)NC(=O)C(c1ccccc1)c1ccccc1. The molecule has 0 unspecified atom stereocenters. The predicted octanol–water partition coefficient (Wildman–Crippen LogP) is 4.73. The molecule has 4 aromatic rings. The average Bonchev–Trinajstić information content (AvgIpc) is 3.35. The Bertz CT molecular complexity index is 1360. The van der Waals surface area contributed by atoms with Gasteiger partial charge in [0.25, 0.3) is 0 Å². The summed E-state index contributed by atoms with van der Waals surface area (Å²) >= 11 is 0. The smallest absolute Gasteiger partial charge is 0.328 e. The lowest BCUT2D eigenvalue weighted by Crippen LogP contribution is -2.53. The Morgan fingerprint density at radius 2 is 1.33 bits per heavy atom. The number of rotatable bonds is 11. The number of aromatic nitrogens is 1. The number of H-pyrrole nitrogens is 1. The van der Waals surface area contributed by atoms with E-state index in [1.54, 1.807) is 0 Å². The first kappa shape index (κ1) is 27.6. The van der Waals surface area contributed by atoms with Gasteiger partial charge in [-0.05, 0) is 35.1 Å². The minimum Gasteiger partial charge on any atom is -0.467 e. The van der Waals surface area contributed by atoms with Crippen LogP contribution in [0.15, 0.2) is 91.1 Å². The van der Waals surface area contributed by atoms with Gasteiger partial charge in [0.15, 0.2) is 0 Å². The van der Waals surface area contributed by atoms with Crippen LogP contribution in [-0.4, -0.2) is 42.0 Å². The van der Waals surface area contributed by atoms with Gasteiger partial charge in [0.2, 0.25) is 11.8 Å². The molecule has 3 aromatic carbocycles. The molecule has 4 rings (SSSR count). The van der Waals surface area contributed by atoms with Gasteiger partial charge < -0.3 is 20.4 Å². The van der Waals surface area contributed by atoms with Crippen molar-refractivity contribution in [2.75, 3.05) is 7.11 Å². The van der Waals surface area contributed by atoms with Crippen LogP contribution in [0.4, 0.5) is 0 Å². The molecule has 0 saturated carbocycles. The number of hydrogen-bond acceptors (Lipinski definition) is 4. The van der Waals surface area contributed by atoms with E-state index in [1.165, 1.54) is 7.11 Å². The first-order valence-electron chi connectivity index (χ1n) is 13.2. The van der Waals surface area contributed by atoms with Gasteiger partial charge in [-0.15, -0.1) is 0 Å². The molecule has 0 fully saturated rings. The van der Waals surface area contributed by atoms with E-state index in [-0.39, 0.29) is 18.2 Å². The van der Waals surface area contributed by atoms with Gasteiger partial charge in [-0.1, -0.05) is 92.7 Å². The topological polar surface area (TPSA) is 100 Å². The summed E-state index contributed by atoms with van der Waals surface area (Å²) in [6, 6.07) is 25.1. The molecule has 0 radical (unpaired) electrons. The third-order valence-corrected chi connectivity index (χ3v) is 6.77. The molecule has 0 aliphatic rings. The lowest BCUT2D eigenvalue weighted by Gasteiger charge is -2.25. The molecule has 2 amide bonds. The molecular weight excluding hydrogens is 490 g/mol. The van der Waals surface area contributed by atoms with Gasteiger partial charge in [-0.2, -0.15) is 0 Å². The summed E-state index contributed by atoms with van der Waals surface area (Å²) in [4.78, 5) is 43.3. The molecule has 7 nitrogen and oxygen atoms in total. The first-order chi connectivity index (χ1) is 18.9. The van der Waals surface area contributed by atoms with Gasteiger partial charge in [-0.25, -0.2) is 4.79 Å². The Balaban J connectivity index is 1.66. The zero-order chi connectivity index (χ0) is 27.8. The normalized spacial score (nSPS) is 12.7. The van der Waals surface area contributed by atoms with Gasteiger partial charge in [0, 0.05) is 23.5 Å². The van der Waals surface area contributed by atoms with Gasteiger partial charge in [-0.3, -0.25) is 9.59 Å². The molecule has 3 N–H and O–H groups in total. The van der Waals surface area contributed by atoms with Crippen molar-refractivity contribution >= 4 is 28.7 Å². The number of ether oxygens (including phenoxy) is 1. The van der Waals surface area contributed by atoms with E-state index >= 15 is 0 Å². The van der Waals surface area contributed by atoms with Crippen molar-refractivity contribution in [2.45, 2.75) is 44.7 Å². The summed E-state index contributed by atoms with van der Waals surface area (Å²) in [6.45, 7) is 3.94. The minimum absolute atomic E-state index is 0.150. The number of benzene rings is 3. The predicted molar refractivity (Wildman–Crippen MR) is 152 cm³/mol. The molecule has 0 aliphatic heterocycles. The highest BCUT2D eigenvalue weighted by Crippen LogP contribution is 2.26. The maximum atomic E-state index is 13.9. The van der Waals surface area contributed by atoms with Crippen molar-refractivity contribution in [1.82, 2.24) is 15.6 Å². The zero-order valence-corrected chi connectivity index (χ0v) is 22.5. The molecule has 1 heterocycles. The number of methoxy groups -OCH3 is 1. The summed E-state index contributed by atoms with van der Waals surface area (Å²) in [6.07, 6.45) is 2.52. The van der Waals surface area contributed by atoms with Crippen LogP contribution >= 0.6 is 0 Å². The van der Waals surface area contributed by atoms with Crippen molar-refractivity contribution < 1.29 is 19.1 Å². The third kappa shape index (κ3) is 6.93. The van der Waals surface area contributed by atoms with Gasteiger partial charge in [0.1, 0.15) is 12.1 Å². The second-order valence-corrected chi connectivity index (χ2v) is 10.1. The van der Waals surface area contributed by atoms with E-state index in [4.69, 9.17) is 4.74 Å². The highest BCUT2D eigenvalue weighted by atomic mass is 16.5. The van der Waals surface area contributed by atoms with E-state index in [2.05, 4.69) is 15.6 Å². The van der Waals surface area contributed by atoms with E-state index in [0.717, 1.165) is 27.6 Å². The fourth-order valence-corrected chi connectivity index (χ4v) is 4.87. The van der Waals surface area contributed by atoms with Crippen molar-refractivity contribution in [3.63, 3.8) is 0 Å². The lowest BCUT2D eigenvalue weighted by molar-refractivity contribution is -0.145. The molecule has 0 bridgehead atoms. The molecule has 202 valence electrons. The Labute approximate surface area is 229 Å². The largest absolute Gasteiger partial charge is 0.467 e. The molecular formula is C32H35N3O4. The van der Waals surface area contributed by atoms with Crippen LogP contribution in [0.5, 0.6) is 0 Å². The molecule has 2 atom stereocenters. The number of fused-ring (bicyclic) bond motifs is 1. The summed E-state index contributed by atoms with van der Waals surface area (Å²) in [5.41, 5.74) is 3.47. The number of carbonyl (C=O) groups excluding carboxylic acids is 3. The maximum absolute atomic E-state index is 13.9. The lowest BCUT2D eigenvalue weighted by atomic mass is 9.90. The molecule has 0 aliphatic carbocycles. The van der Waals surface area contributed by atoms with Crippen LogP contribution in [0, 0.1) is 5.92 Å². The number of hydrogen-bond donors (Lipinski definition) is 3. The Morgan fingerprint density at radius 3 is 1.92 bits per heavy atom. The Hall–Kier alpha value is -4.39. The number of aromatic amines is 1. The van der Waals surface area contributed by atoms with E-state index in [1.807, 2.05) is 105 Å². The second kappa shape index (κ2) is 12.9. The monoisotopic (exact) mass is 525 g/mol. The fraction of sp³-hybridized carbons (Fsp3) is 0.281. The van der Waals surface area contributed by atoms with Gasteiger partial charge in [0.05, 0.1) is 13.0 Å². The fourth-order valence-electron chi connectivity index (χ4n) is 4.87. The molecule has 7 heteroatoms. The molecule has 0 saturated heterocycles. The van der Waals surface area contributed by atoms with Gasteiger partial charge >= 0.3 is 5.97 Å². The number of carbonyl (C=O) groups is 3. The van der Waals surface area contributed by atoms with Crippen LogP contribution in [0.3, 0.4) is 0 Å². The third-order valence-electron chi connectivity index (χ3n) is 6.77. The number of esters is 1. The molecule has 0 spiro atoms. The summed E-state index contributed by atoms with van der Waals surface area (Å²) < 4.78 is 4.95. The van der Waals surface area contributed by atoms with Crippen molar-refractivity contribution in [3.8, 4) is 0 Å². The Morgan fingerprint density at radius 1 is 0.769 bits per heavy atom. The minimum atomic E-state index is -0.925. The van der Waals surface area contributed by atoms with Crippen LogP contribution in [0.1, 0.15) is 42.9 Å². The van der Waals surface area contributed by atoms with E-state index in [0.29, 0.717) is 6.42 Å². The van der Waals surface area contributed by atoms with E-state index in [9.17, 15) is 14.4 Å². The van der Waals surface area contributed by atoms with Crippen LogP contribution in [-0.2, 0) is 25.5 Å². The highest BCUT2D eigenvalue weighted by Gasteiger charge is 2.31. The average molecular weight is 526 g/mol. The number of nitrogens with one attached hydrogen (secondary N) is 3. The Kier molecular flexibility index (Phi) is 9.15. The summed E-state index contributed by atoms with van der Waals surface area (Å²) in [5, 5.41) is 6.83. The van der Waals surface area contributed by atoms with Crippen LogP contribution in [0.25, 0.3) is 10.9 Å². The van der Waals surface area contributed by atoms with Crippen LogP contribution < -0.4 is 10.6 Å². The van der Waals surface area contributed by atoms with Crippen molar-refractivity contribution in [2.24, 2.45) is 5.92 Å². The molecule has 39 heavy (non-hydrogen) atoms. The van der Waals surface area contributed by atoms with E-state index < -0.39 is 29.9 Å². The first-order valence-corrected chi connectivity index (χ1v) is 13.2.